The van der Waals surface area contributed by atoms with Crippen LogP contribution in [0.3, 0.4) is 0 Å². The van der Waals surface area contributed by atoms with Gasteiger partial charge in [-0.05, 0) is 68.7 Å². The summed E-state index contributed by atoms with van der Waals surface area (Å²) in [6.45, 7) is 7.36. The second-order valence-corrected chi connectivity index (χ2v) is 11.3. The van der Waals surface area contributed by atoms with Crippen LogP contribution in [0.25, 0.3) is 0 Å². The number of nitrogens with one attached hydrogen (secondary N) is 2. The highest BCUT2D eigenvalue weighted by molar-refractivity contribution is 7.98. The van der Waals surface area contributed by atoms with Crippen molar-refractivity contribution >= 4 is 39.3 Å². The molecule has 1 atom stereocenters. The first kappa shape index (κ1) is 26.1. The number of benzene rings is 2. The summed E-state index contributed by atoms with van der Waals surface area (Å²) in [5, 5.41) is 2.86. The molecule has 2 aromatic rings. The van der Waals surface area contributed by atoms with E-state index in [0.717, 1.165) is 24.2 Å². The fourth-order valence-electron chi connectivity index (χ4n) is 3.78. The van der Waals surface area contributed by atoms with Gasteiger partial charge in [-0.3, -0.25) is 14.3 Å². The SMILES string of the molecule is CC[C@@H](C)NC(=O)c1ccccc1NS(=O)(=O)c1ccc(SC)c(C(=O)N2CCC(C)CC2)c1. The zero-order chi connectivity index (χ0) is 24.9. The Balaban J connectivity index is 1.90. The van der Waals surface area contributed by atoms with Crippen LogP contribution in [0.5, 0.6) is 0 Å². The minimum absolute atomic E-state index is 0.0174. The lowest BCUT2D eigenvalue weighted by Crippen LogP contribution is -2.38. The molecular weight excluding hydrogens is 470 g/mol. The third-order valence-corrected chi connectivity index (χ3v) is 8.35. The smallest absolute Gasteiger partial charge is 0.261 e. The molecule has 3 rings (SSSR count). The van der Waals surface area contributed by atoms with E-state index in [1.165, 1.54) is 23.9 Å². The van der Waals surface area contributed by atoms with Crippen molar-refractivity contribution in [2.45, 2.75) is 55.9 Å². The van der Waals surface area contributed by atoms with Crippen LogP contribution in [-0.4, -0.2) is 50.5 Å². The molecule has 0 spiro atoms. The lowest BCUT2D eigenvalue weighted by molar-refractivity contribution is 0.0693. The number of anilines is 1. The topological polar surface area (TPSA) is 95.6 Å². The van der Waals surface area contributed by atoms with E-state index in [2.05, 4.69) is 17.0 Å². The van der Waals surface area contributed by atoms with Gasteiger partial charge in [0.1, 0.15) is 0 Å². The van der Waals surface area contributed by atoms with Crippen LogP contribution in [0.15, 0.2) is 52.3 Å². The standard InChI is InChI=1S/C25H33N3O4S2/c1-5-18(3)26-24(29)20-8-6-7-9-22(20)27-34(31,32)19-10-11-23(33-4)21(16-19)25(30)28-14-12-17(2)13-15-28/h6-11,16-18,27H,5,12-15H2,1-4H3,(H,26,29)/t18-/m1/s1. The second kappa shape index (κ2) is 11.3. The number of rotatable bonds is 8. The number of hydrogen-bond donors (Lipinski definition) is 2. The van der Waals surface area contributed by atoms with Gasteiger partial charge in [0, 0.05) is 24.0 Å². The maximum atomic E-state index is 13.3. The van der Waals surface area contributed by atoms with E-state index >= 15 is 0 Å². The summed E-state index contributed by atoms with van der Waals surface area (Å²) in [5.41, 5.74) is 0.814. The van der Waals surface area contributed by atoms with E-state index < -0.39 is 10.0 Å². The number of carbonyl (C=O) groups excluding carboxylic acids is 2. The Morgan fingerprint density at radius 3 is 2.44 bits per heavy atom. The third-order valence-electron chi connectivity index (χ3n) is 6.19. The number of piperidine rings is 1. The molecule has 0 radical (unpaired) electrons. The Labute approximate surface area is 206 Å². The summed E-state index contributed by atoms with van der Waals surface area (Å²) < 4.78 is 29.1. The zero-order valence-corrected chi connectivity index (χ0v) is 21.8. The summed E-state index contributed by atoms with van der Waals surface area (Å²) in [4.78, 5) is 28.4. The van der Waals surface area contributed by atoms with E-state index in [1.54, 1.807) is 35.2 Å². The van der Waals surface area contributed by atoms with Gasteiger partial charge in [0.05, 0.1) is 21.7 Å². The van der Waals surface area contributed by atoms with Crippen LogP contribution in [0.2, 0.25) is 0 Å². The average Bonchev–Trinajstić information content (AvgIpc) is 2.83. The fraction of sp³-hybridized carbons (Fsp3) is 0.440. The quantitative estimate of drug-likeness (QED) is 0.513. The minimum atomic E-state index is -4.03. The maximum absolute atomic E-state index is 13.3. The molecule has 2 aromatic carbocycles. The fourth-order valence-corrected chi connectivity index (χ4v) is 5.46. The van der Waals surface area contributed by atoms with Crippen LogP contribution in [0, 0.1) is 5.92 Å². The highest BCUT2D eigenvalue weighted by Crippen LogP contribution is 2.28. The molecule has 1 fully saturated rings. The Morgan fingerprint density at radius 2 is 1.79 bits per heavy atom. The van der Waals surface area contributed by atoms with Crippen molar-refractivity contribution in [3.05, 3.63) is 53.6 Å². The number of nitrogens with zero attached hydrogens (tertiary/aromatic N) is 1. The van der Waals surface area contributed by atoms with Crippen molar-refractivity contribution < 1.29 is 18.0 Å². The van der Waals surface area contributed by atoms with Gasteiger partial charge in [-0.2, -0.15) is 0 Å². The van der Waals surface area contributed by atoms with Gasteiger partial charge < -0.3 is 10.2 Å². The predicted molar refractivity (Wildman–Crippen MR) is 137 cm³/mol. The van der Waals surface area contributed by atoms with Crippen molar-refractivity contribution in [1.29, 1.82) is 0 Å². The second-order valence-electron chi connectivity index (χ2n) is 8.77. The monoisotopic (exact) mass is 503 g/mol. The first-order valence-electron chi connectivity index (χ1n) is 11.6. The van der Waals surface area contributed by atoms with E-state index in [4.69, 9.17) is 0 Å². The van der Waals surface area contributed by atoms with Crippen molar-refractivity contribution in [3.63, 3.8) is 0 Å². The molecule has 9 heteroatoms. The Morgan fingerprint density at radius 1 is 1.12 bits per heavy atom. The van der Waals surface area contributed by atoms with Gasteiger partial charge in [-0.1, -0.05) is 26.0 Å². The van der Waals surface area contributed by atoms with Gasteiger partial charge in [-0.25, -0.2) is 8.42 Å². The van der Waals surface area contributed by atoms with Crippen LogP contribution in [0.4, 0.5) is 5.69 Å². The van der Waals surface area contributed by atoms with E-state index in [-0.39, 0.29) is 34.0 Å². The number of likely N-dealkylation sites (tertiary alicyclic amines) is 1. The summed E-state index contributed by atoms with van der Waals surface area (Å²) in [6, 6.07) is 11.1. The lowest BCUT2D eigenvalue weighted by Gasteiger charge is -2.30. The van der Waals surface area contributed by atoms with Gasteiger partial charge in [0.15, 0.2) is 0 Å². The zero-order valence-electron chi connectivity index (χ0n) is 20.1. The highest BCUT2D eigenvalue weighted by Gasteiger charge is 2.26. The number of amides is 2. The summed E-state index contributed by atoms with van der Waals surface area (Å²) in [5.74, 6) is 0.0831. The largest absolute Gasteiger partial charge is 0.350 e. The number of sulfonamides is 1. The number of para-hydroxylation sites is 1. The normalized spacial score (nSPS) is 15.6. The Kier molecular flexibility index (Phi) is 8.65. The summed E-state index contributed by atoms with van der Waals surface area (Å²) in [6.07, 6.45) is 4.50. The molecule has 1 aliphatic rings. The highest BCUT2D eigenvalue weighted by atomic mass is 32.2. The molecule has 0 unspecified atom stereocenters. The Hall–Kier alpha value is -2.52. The molecule has 2 N–H and O–H groups in total. The molecule has 1 aliphatic heterocycles. The van der Waals surface area contributed by atoms with E-state index in [1.807, 2.05) is 20.1 Å². The van der Waals surface area contributed by atoms with Gasteiger partial charge in [0.25, 0.3) is 21.8 Å². The van der Waals surface area contributed by atoms with Crippen LogP contribution < -0.4 is 10.0 Å². The number of hydrogen-bond acceptors (Lipinski definition) is 5. The Bertz CT molecular complexity index is 1140. The molecule has 34 heavy (non-hydrogen) atoms. The minimum Gasteiger partial charge on any atom is -0.350 e. The van der Waals surface area contributed by atoms with Crippen molar-refractivity contribution in [2.75, 3.05) is 24.1 Å². The molecular formula is C25H33N3O4S2. The third kappa shape index (κ3) is 6.13. The molecule has 7 nitrogen and oxygen atoms in total. The summed E-state index contributed by atoms with van der Waals surface area (Å²) >= 11 is 1.41. The van der Waals surface area contributed by atoms with E-state index in [0.29, 0.717) is 24.6 Å². The molecule has 2 amide bonds. The number of carbonyl (C=O) groups is 2. The van der Waals surface area contributed by atoms with Crippen LogP contribution in [-0.2, 0) is 10.0 Å². The average molecular weight is 504 g/mol. The molecule has 1 saturated heterocycles. The van der Waals surface area contributed by atoms with E-state index in [9.17, 15) is 18.0 Å². The summed E-state index contributed by atoms with van der Waals surface area (Å²) in [7, 11) is -4.03. The van der Waals surface area contributed by atoms with Gasteiger partial charge in [-0.15, -0.1) is 11.8 Å². The molecule has 0 aliphatic carbocycles. The van der Waals surface area contributed by atoms with Crippen molar-refractivity contribution in [2.24, 2.45) is 5.92 Å². The first-order chi connectivity index (χ1) is 16.2. The van der Waals surface area contributed by atoms with Crippen LogP contribution in [0.1, 0.15) is 60.7 Å². The van der Waals surface area contributed by atoms with Crippen LogP contribution >= 0.6 is 11.8 Å². The van der Waals surface area contributed by atoms with Gasteiger partial charge >= 0.3 is 0 Å². The molecule has 184 valence electrons. The van der Waals surface area contributed by atoms with Crippen molar-refractivity contribution in [3.8, 4) is 0 Å². The maximum Gasteiger partial charge on any atom is 0.261 e. The molecule has 0 bridgehead atoms. The number of thioether (sulfide) groups is 1. The van der Waals surface area contributed by atoms with Crippen molar-refractivity contribution in [1.82, 2.24) is 10.2 Å². The first-order valence-corrected chi connectivity index (χ1v) is 14.3. The van der Waals surface area contributed by atoms with Gasteiger partial charge in [0.2, 0.25) is 0 Å². The lowest BCUT2D eigenvalue weighted by atomic mass is 9.98. The molecule has 0 aromatic heterocycles. The predicted octanol–water partition coefficient (Wildman–Crippen LogP) is 4.61. The molecule has 0 saturated carbocycles. The molecule has 1 heterocycles.